The van der Waals surface area contributed by atoms with Gasteiger partial charge in [0.15, 0.2) is 0 Å². The van der Waals surface area contributed by atoms with E-state index in [0.29, 0.717) is 16.9 Å². The Balaban J connectivity index is 2.11. The molecule has 3 nitrogen and oxygen atoms in total. The van der Waals surface area contributed by atoms with Crippen LogP contribution >= 0.6 is 0 Å². The summed E-state index contributed by atoms with van der Waals surface area (Å²) in [6, 6.07) is 14.4. The van der Waals surface area contributed by atoms with Gasteiger partial charge in [0, 0.05) is 5.56 Å². The zero-order valence-electron chi connectivity index (χ0n) is 11.1. The summed E-state index contributed by atoms with van der Waals surface area (Å²) in [5.41, 5.74) is 1.89. The highest BCUT2D eigenvalue weighted by Gasteiger charge is 2.10. The molecule has 100 valence electrons. The number of ether oxygens (including phenoxy) is 2. The zero-order valence-corrected chi connectivity index (χ0v) is 11.1. The van der Waals surface area contributed by atoms with Crippen LogP contribution in [0.4, 0.5) is 0 Å². The van der Waals surface area contributed by atoms with E-state index in [1.165, 1.54) is 7.11 Å². The summed E-state index contributed by atoms with van der Waals surface area (Å²) in [7, 11) is 1.52. The van der Waals surface area contributed by atoms with Gasteiger partial charge in [-0.15, -0.1) is 6.42 Å². The van der Waals surface area contributed by atoms with Gasteiger partial charge in [-0.25, -0.2) is 4.79 Å². The lowest BCUT2D eigenvalue weighted by molar-refractivity contribution is 0.0472. The fraction of sp³-hybridized carbons (Fsp3) is 0.118. The number of hydrogen-bond donors (Lipinski definition) is 0. The summed E-state index contributed by atoms with van der Waals surface area (Å²) in [4.78, 5) is 12.0. The first-order valence-corrected chi connectivity index (χ1v) is 6.09. The number of terminal acetylenes is 1. The van der Waals surface area contributed by atoms with Crippen molar-refractivity contribution in [2.45, 2.75) is 6.61 Å². The normalized spacial score (nSPS) is 9.60. The first-order chi connectivity index (χ1) is 9.72. The molecule has 0 saturated heterocycles. The standard InChI is InChI=1S/C17H14O3/c1-3-13-9-15(11-16(10-13)19-2)17(18)20-12-14-7-5-4-6-8-14/h1,4-11H,12H2,2H3. The molecule has 0 aliphatic carbocycles. The van der Waals surface area contributed by atoms with E-state index in [2.05, 4.69) is 5.92 Å². The van der Waals surface area contributed by atoms with Crippen LogP contribution in [0.2, 0.25) is 0 Å². The Bertz CT molecular complexity index is 639. The molecule has 2 rings (SSSR count). The van der Waals surface area contributed by atoms with Crippen molar-refractivity contribution in [1.82, 2.24) is 0 Å². The van der Waals surface area contributed by atoms with Crippen LogP contribution in [0.1, 0.15) is 21.5 Å². The summed E-state index contributed by atoms with van der Waals surface area (Å²) in [5.74, 6) is 2.59. The maximum absolute atomic E-state index is 12.0. The SMILES string of the molecule is C#Cc1cc(OC)cc(C(=O)OCc2ccccc2)c1. The molecule has 2 aromatic rings. The van der Waals surface area contributed by atoms with E-state index in [1.807, 2.05) is 30.3 Å². The van der Waals surface area contributed by atoms with E-state index >= 15 is 0 Å². The van der Waals surface area contributed by atoms with Gasteiger partial charge in [0.25, 0.3) is 0 Å². The molecule has 0 fully saturated rings. The molecular formula is C17H14O3. The molecule has 0 aromatic heterocycles. The van der Waals surface area contributed by atoms with Crippen LogP contribution in [0.3, 0.4) is 0 Å². The van der Waals surface area contributed by atoms with Crippen molar-refractivity contribution in [3.63, 3.8) is 0 Å². The fourth-order valence-corrected chi connectivity index (χ4v) is 1.72. The number of carbonyl (C=O) groups excluding carboxylic acids is 1. The average Bonchev–Trinajstić information content (AvgIpc) is 2.52. The van der Waals surface area contributed by atoms with Crippen LogP contribution < -0.4 is 4.74 Å². The summed E-state index contributed by atoms with van der Waals surface area (Å²) >= 11 is 0. The van der Waals surface area contributed by atoms with Crippen molar-refractivity contribution >= 4 is 5.97 Å². The summed E-state index contributed by atoms with van der Waals surface area (Å²) in [6.07, 6.45) is 5.35. The van der Waals surface area contributed by atoms with Gasteiger partial charge < -0.3 is 9.47 Å². The number of hydrogen-bond acceptors (Lipinski definition) is 3. The second-order valence-corrected chi connectivity index (χ2v) is 4.16. The smallest absolute Gasteiger partial charge is 0.338 e. The van der Waals surface area contributed by atoms with Crippen molar-refractivity contribution in [2.75, 3.05) is 7.11 Å². The highest BCUT2D eigenvalue weighted by atomic mass is 16.5. The third-order valence-electron chi connectivity index (χ3n) is 2.76. The molecule has 3 heteroatoms. The van der Waals surface area contributed by atoms with E-state index < -0.39 is 5.97 Å². The lowest BCUT2D eigenvalue weighted by Crippen LogP contribution is -2.06. The molecule has 0 saturated carbocycles. The van der Waals surface area contributed by atoms with Gasteiger partial charge in [0.1, 0.15) is 12.4 Å². The lowest BCUT2D eigenvalue weighted by Gasteiger charge is -2.07. The van der Waals surface area contributed by atoms with Crippen molar-refractivity contribution in [2.24, 2.45) is 0 Å². The average molecular weight is 266 g/mol. The van der Waals surface area contributed by atoms with Gasteiger partial charge in [0.05, 0.1) is 12.7 Å². The van der Waals surface area contributed by atoms with E-state index in [1.54, 1.807) is 18.2 Å². The molecule has 20 heavy (non-hydrogen) atoms. The van der Waals surface area contributed by atoms with Crippen molar-refractivity contribution in [3.8, 4) is 18.1 Å². The van der Waals surface area contributed by atoms with E-state index in [0.717, 1.165) is 5.56 Å². The Labute approximate surface area is 118 Å². The Morgan fingerprint density at radius 2 is 1.95 bits per heavy atom. The fourth-order valence-electron chi connectivity index (χ4n) is 1.72. The van der Waals surface area contributed by atoms with Crippen LogP contribution in [0.15, 0.2) is 48.5 Å². The second kappa shape index (κ2) is 6.44. The largest absolute Gasteiger partial charge is 0.497 e. The predicted molar refractivity (Wildman–Crippen MR) is 76.5 cm³/mol. The molecule has 0 bridgehead atoms. The zero-order chi connectivity index (χ0) is 14.4. The molecular weight excluding hydrogens is 252 g/mol. The third kappa shape index (κ3) is 3.39. The first-order valence-electron chi connectivity index (χ1n) is 6.09. The van der Waals surface area contributed by atoms with E-state index in [-0.39, 0.29) is 6.61 Å². The van der Waals surface area contributed by atoms with Crippen molar-refractivity contribution < 1.29 is 14.3 Å². The number of rotatable bonds is 4. The van der Waals surface area contributed by atoms with Crippen LogP contribution in [0, 0.1) is 12.3 Å². The van der Waals surface area contributed by atoms with Crippen molar-refractivity contribution in [1.29, 1.82) is 0 Å². The molecule has 0 unspecified atom stereocenters. The van der Waals surface area contributed by atoms with Gasteiger partial charge >= 0.3 is 5.97 Å². The second-order valence-electron chi connectivity index (χ2n) is 4.16. The van der Waals surface area contributed by atoms with Gasteiger partial charge in [-0.3, -0.25) is 0 Å². The Hall–Kier alpha value is -2.73. The molecule has 0 atom stereocenters. The van der Waals surface area contributed by atoms with Crippen LogP contribution in [0.25, 0.3) is 0 Å². The van der Waals surface area contributed by atoms with Gasteiger partial charge in [-0.2, -0.15) is 0 Å². The lowest BCUT2D eigenvalue weighted by atomic mass is 10.1. The van der Waals surface area contributed by atoms with Gasteiger partial charge in [-0.05, 0) is 23.8 Å². The van der Waals surface area contributed by atoms with Crippen LogP contribution in [-0.4, -0.2) is 13.1 Å². The van der Waals surface area contributed by atoms with E-state index in [9.17, 15) is 4.79 Å². The Kier molecular flexibility index (Phi) is 4.41. The molecule has 2 aromatic carbocycles. The first kappa shape index (κ1) is 13.7. The van der Waals surface area contributed by atoms with E-state index in [4.69, 9.17) is 15.9 Å². The Morgan fingerprint density at radius 1 is 1.20 bits per heavy atom. The number of esters is 1. The minimum absolute atomic E-state index is 0.224. The van der Waals surface area contributed by atoms with Crippen LogP contribution in [0.5, 0.6) is 5.75 Å². The predicted octanol–water partition coefficient (Wildman–Crippen LogP) is 3.03. The number of carbonyl (C=O) groups is 1. The summed E-state index contributed by atoms with van der Waals surface area (Å²) in [6.45, 7) is 0.224. The van der Waals surface area contributed by atoms with Crippen molar-refractivity contribution in [3.05, 3.63) is 65.2 Å². The molecule has 0 aliphatic heterocycles. The minimum atomic E-state index is -0.427. The molecule has 0 aliphatic rings. The highest BCUT2D eigenvalue weighted by Crippen LogP contribution is 2.17. The topological polar surface area (TPSA) is 35.5 Å². The number of benzene rings is 2. The maximum atomic E-state index is 12.0. The summed E-state index contributed by atoms with van der Waals surface area (Å²) in [5, 5.41) is 0. The molecule has 0 amide bonds. The molecule has 0 heterocycles. The van der Waals surface area contributed by atoms with Gasteiger partial charge in [0.2, 0.25) is 0 Å². The quantitative estimate of drug-likeness (QED) is 0.630. The number of methoxy groups -OCH3 is 1. The molecule has 0 spiro atoms. The highest BCUT2D eigenvalue weighted by molar-refractivity contribution is 5.90. The molecule has 0 radical (unpaired) electrons. The molecule has 0 N–H and O–H groups in total. The minimum Gasteiger partial charge on any atom is -0.497 e. The van der Waals surface area contributed by atoms with Crippen LogP contribution in [-0.2, 0) is 11.3 Å². The monoisotopic (exact) mass is 266 g/mol. The van der Waals surface area contributed by atoms with Gasteiger partial charge in [-0.1, -0.05) is 36.3 Å². The third-order valence-corrected chi connectivity index (χ3v) is 2.76. The maximum Gasteiger partial charge on any atom is 0.338 e. The Morgan fingerprint density at radius 3 is 2.60 bits per heavy atom. The summed E-state index contributed by atoms with van der Waals surface area (Å²) < 4.78 is 10.4.